The number of benzene rings is 3. The summed E-state index contributed by atoms with van der Waals surface area (Å²) >= 11 is 0. The standard InChI is InChI=1S/C28H20F6N4O/c1-38-17-35-37-26(38)20-4-2-5-23(16-20)36-25(39)7-3-6-24(18-8-12-21(13-9-18)27(29,30)31)19-10-14-22(15-11-19)28(32,33)34/h2-17H,1H3,(H,36,39). The van der Waals surface area contributed by atoms with Crippen LogP contribution in [0.5, 0.6) is 0 Å². The van der Waals surface area contributed by atoms with E-state index in [9.17, 15) is 31.1 Å². The molecule has 0 aliphatic rings. The van der Waals surface area contributed by atoms with Crippen LogP contribution in [0.3, 0.4) is 0 Å². The van der Waals surface area contributed by atoms with Crippen LogP contribution >= 0.6 is 0 Å². The molecule has 4 aromatic rings. The van der Waals surface area contributed by atoms with Gasteiger partial charge in [-0.15, -0.1) is 10.2 Å². The topological polar surface area (TPSA) is 59.8 Å². The molecule has 1 heterocycles. The lowest BCUT2D eigenvalue weighted by Crippen LogP contribution is -2.07. The van der Waals surface area contributed by atoms with Gasteiger partial charge in [0.1, 0.15) is 6.33 Å². The Morgan fingerprint density at radius 2 is 1.41 bits per heavy atom. The average Bonchev–Trinajstić information content (AvgIpc) is 3.32. The molecular formula is C28H20F6N4O. The summed E-state index contributed by atoms with van der Waals surface area (Å²) in [4.78, 5) is 12.5. The van der Waals surface area contributed by atoms with Crippen molar-refractivity contribution in [2.45, 2.75) is 12.4 Å². The van der Waals surface area contributed by atoms with Crippen molar-refractivity contribution < 1.29 is 31.1 Å². The zero-order valence-electron chi connectivity index (χ0n) is 20.3. The van der Waals surface area contributed by atoms with Crippen LogP contribution in [0.2, 0.25) is 0 Å². The van der Waals surface area contributed by atoms with Crippen molar-refractivity contribution >= 4 is 17.2 Å². The second kappa shape index (κ2) is 11.0. The van der Waals surface area contributed by atoms with E-state index in [2.05, 4.69) is 15.5 Å². The van der Waals surface area contributed by atoms with Gasteiger partial charge in [0.25, 0.3) is 0 Å². The zero-order chi connectivity index (χ0) is 28.2. The molecule has 0 atom stereocenters. The Labute approximate surface area is 219 Å². The lowest BCUT2D eigenvalue weighted by Gasteiger charge is -2.12. The fraction of sp³-hybridized carbons (Fsp3) is 0.107. The molecule has 0 unspecified atom stereocenters. The second-order valence-electron chi connectivity index (χ2n) is 8.43. The zero-order valence-corrected chi connectivity index (χ0v) is 20.3. The van der Waals surface area contributed by atoms with E-state index in [0.717, 1.165) is 29.8 Å². The molecule has 0 spiro atoms. The van der Waals surface area contributed by atoms with Crippen LogP contribution in [0.25, 0.3) is 17.0 Å². The van der Waals surface area contributed by atoms with E-state index in [0.29, 0.717) is 28.2 Å². The second-order valence-corrected chi connectivity index (χ2v) is 8.43. The highest BCUT2D eigenvalue weighted by Crippen LogP contribution is 2.33. The minimum atomic E-state index is -4.54. The van der Waals surface area contributed by atoms with Gasteiger partial charge in [-0.1, -0.05) is 48.6 Å². The number of halogens is 6. The Morgan fingerprint density at radius 1 is 0.846 bits per heavy atom. The van der Waals surface area contributed by atoms with Crippen LogP contribution in [-0.2, 0) is 24.2 Å². The van der Waals surface area contributed by atoms with Crippen molar-refractivity contribution in [2.75, 3.05) is 5.32 Å². The quantitative estimate of drug-likeness (QED) is 0.160. The van der Waals surface area contributed by atoms with Crippen molar-refractivity contribution in [1.29, 1.82) is 0 Å². The third kappa shape index (κ3) is 6.81. The van der Waals surface area contributed by atoms with Crippen molar-refractivity contribution in [2.24, 2.45) is 7.05 Å². The fourth-order valence-electron chi connectivity index (χ4n) is 3.73. The number of nitrogens with zero attached hydrogens (tertiary/aromatic N) is 3. The van der Waals surface area contributed by atoms with Crippen molar-refractivity contribution in [3.8, 4) is 11.4 Å². The first-order chi connectivity index (χ1) is 18.4. The maximum absolute atomic E-state index is 13.0. The predicted octanol–water partition coefficient (Wildman–Crippen LogP) is 7.15. The van der Waals surface area contributed by atoms with Gasteiger partial charge >= 0.3 is 12.4 Å². The number of alkyl halides is 6. The lowest BCUT2D eigenvalue weighted by atomic mass is 9.95. The van der Waals surface area contributed by atoms with Crippen molar-refractivity contribution in [3.63, 3.8) is 0 Å². The molecule has 5 nitrogen and oxygen atoms in total. The Morgan fingerprint density at radius 3 is 1.90 bits per heavy atom. The molecule has 200 valence electrons. The molecule has 0 saturated carbocycles. The number of aromatic nitrogens is 3. The Balaban J connectivity index is 1.59. The molecule has 1 amide bonds. The summed E-state index contributed by atoms with van der Waals surface area (Å²) in [5, 5.41) is 10.6. The molecule has 39 heavy (non-hydrogen) atoms. The SMILES string of the molecule is Cn1cnnc1-c1cccc(NC(=O)C=CC=C(c2ccc(C(F)(F)F)cc2)c2ccc(C(F)(F)F)cc2)c1. The third-order valence-electron chi connectivity index (χ3n) is 5.66. The highest BCUT2D eigenvalue weighted by molar-refractivity contribution is 6.00. The lowest BCUT2D eigenvalue weighted by molar-refractivity contribution is -0.138. The highest BCUT2D eigenvalue weighted by Gasteiger charge is 2.31. The molecular weight excluding hydrogens is 522 g/mol. The maximum atomic E-state index is 13.0. The summed E-state index contributed by atoms with van der Waals surface area (Å²) < 4.78 is 79.8. The number of hydrogen-bond donors (Lipinski definition) is 1. The van der Waals surface area contributed by atoms with Gasteiger partial charge in [-0.25, -0.2) is 0 Å². The minimum absolute atomic E-state index is 0.323. The number of nitrogens with one attached hydrogen (secondary N) is 1. The first-order valence-corrected chi connectivity index (χ1v) is 11.4. The molecule has 0 aliphatic heterocycles. The van der Waals surface area contributed by atoms with E-state index < -0.39 is 29.4 Å². The first-order valence-electron chi connectivity index (χ1n) is 11.4. The average molecular weight is 542 g/mol. The van der Waals surface area contributed by atoms with E-state index in [4.69, 9.17) is 0 Å². The molecule has 11 heteroatoms. The van der Waals surface area contributed by atoms with Crippen LogP contribution < -0.4 is 5.32 Å². The van der Waals surface area contributed by atoms with Gasteiger partial charge < -0.3 is 9.88 Å². The summed E-state index contributed by atoms with van der Waals surface area (Å²) in [5.74, 6) is 0.0999. The van der Waals surface area contributed by atoms with Crippen LogP contribution in [0, 0.1) is 0 Å². The molecule has 0 bridgehead atoms. The van der Waals surface area contributed by atoms with Crippen LogP contribution in [0.15, 0.2) is 97.4 Å². The van der Waals surface area contributed by atoms with Gasteiger partial charge in [0.2, 0.25) is 5.91 Å². The van der Waals surface area contributed by atoms with Gasteiger partial charge in [0.05, 0.1) is 11.1 Å². The van der Waals surface area contributed by atoms with Gasteiger partial charge in [-0.2, -0.15) is 26.3 Å². The van der Waals surface area contributed by atoms with Crippen LogP contribution in [0.4, 0.5) is 32.0 Å². The molecule has 0 aliphatic carbocycles. The number of hydrogen-bond acceptors (Lipinski definition) is 3. The Bertz CT molecular complexity index is 1460. The van der Waals surface area contributed by atoms with E-state index in [1.54, 1.807) is 42.2 Å². The molecule has 1 aromatic heterocycles. The maximum Gasteiger partial charge on any atom is 0.416 e. The van der Waals surface area contributed by atoms with E-state index >= 15 is 0 Å². The minimum Gasteiger partial charge on any atom is -0.322 e. The monoisotopic (exact) mass is 542 g/mol. The van der Waals surface area contributed by atoms with Gasteiger partial charge in [-0.05, 0) is 53.1 Å². The van der Waals surface area contributed by atoms with E-state index in [1.165, 1.54) is 42.5 Å². The molecule has 3 aromatic carbocycles. The van der Waals surface area contributed by atoms with Gasteiger partial charge in [0.15, 0.2) is 5.82 Å². The Hall–Kier alpha value is -4.67. The number of amides is 1. The summed E-state index contributed by atoms with van der Waals surface area (Å²) in [7, 11) is 1.78. The summed E-state index contributed by atoms with van der Waals surface area (Å²) in [5.41, 5.74) is 0.454. The number of allylic oxidation sites excluding steroid dienone is 2. The fourth-order valence-corrected chi connectivity index (χ4v) is 3.73. The first kappa shape index (κ1) is 27.4. The van der Waals surface area contributed by atoms with Crippen molar-refractivity contribution in [3.05, 3.63) is 120 Å². The van der Waals surface area contributed by atoms with E-state index in [1.807, 2.05) is 0 Å². The summed E-state index contributed by atoms with van der Waals surface area (Å²) in [6, 6.07) is 15.3. The van der Waals surface area contributed by atoms with Crippen LogP contribution in [-0.4, -0.2) is 20.7 Å². The number of aryl methyl sites for hydroxylation is 1. The number of carbonyl (C=O) groups is 1. The summed E-state index contributed by atoms with van der Waals surface area (Å²) in [6.07, 6.45) is -3.53. The smallest absolute Gasteiger partial charge is 0.322 e. The number of anilines is 1. The predicted molar refractivity (Wildman–Crippen MR) is 134 cm³/mol. The number of rotatable bonds is 6. The van der Waals surface area contributed by atoms with E-state index in [-0.39, 0.29) is 0 Å². The third-order valence-corrected chi connectivity index (χ3v) is 5.66. The van der Waals surface area contributed by atoms with Gasteiger partial charge in [0, 0.05) is 24.4 Å². The van der Waals surface area contributed by atoms with Crippen LogP contribution in [0.1, 0.15) is 22.3 Å². The normalized spacial score (nSPS) is 12.0. The number of carbonyl (C=O) groups excluding carboxylic acids is 1. The molecule has 1 N–H and O–H groups in total. The largest absolute Gasteiger partial charge is 0.416 e. The Kier molecular flexibility index (Phi) is 7.70. The molecule has 0 fully saturated rings. The molecule has 0 saturated heterocycles. The summed E-state index contributed by atoms with van der Waals surface area (Å²) in [6.45, 7) is 0. The van der Waals surface area contributed by atoms with Crippen molar-refractivity contribution in [1.82, 2.24) is 14.8 Å². The molecule has 0 radical (unpaired) electrons. The highest BCUT2D eigenvalue weighted by atomic mass is 19.4. The van der Waals surface area contributed by atoms with Gasteiger partial charge in [-0.3, -0.25) is 4.79 Å². The molecule has 4 rings (SSSR count).